The molecule has 2 aliphatic carbocycles. The monoisotopic (exact) mass is 332 g/mol. The molecule has 0 aromatic carbocycles. The van der Waals surface area contributed by atoms with Crippen LogP contribution in [-0.4, -0.2) is 12.6 Å². The molecule has 24 heavy (non-hydrogen) atoms. The van der Waals surface area contributed by atoms with Crippen LogP contribution in [0, 0.1) is 11.3 Å². The third kappa shape index (κ3) is 6.72. The van der Waals surface area contributed by atoms with Crippen molar-refractivity contribution >= 4 is 0 Å². The summed E-state index contributed by atoms with van der Waals surface area (Å²) in [5.41, 5.74) is 12.8. The summed E-state index contributed by atoms with van der Waals surface area (Å²) in [4.78, 5) is 0. The van der Waals surface area contributed by atoms with Gasteiger partial charge in [-0.25, -0.2) is 0 Å². The molecule has 0 bridgehead atoms. The Morgan fingerprint density at radius 2 is 1.46 bits per heavy atom. The van der Waals surface area contributed by atoms with Crippen molar-refractivity contribution in [2.75, 3.05) is 6.54 Å². The molecule has 2 rings (SSSR count). The number of unbranched alkanes of at least 4 members (excludes halogenated alkanes) is 1. The highest BCUT2D eigenvalue weighted by molar-refractivity contribution is 4.95. The molecule has 0 radical (unpaired) electrons. The molecule has 0 aromatic rings. The Bertz CT molecular complexity index is 373. The summed E-state index contributed by atoms with van der Waals surface area (Å²) in [6.07, 6.45) is 27.6. The van der Waals surface area contributed by atoms with Crippen molar-refractivity contribution in [1.82, 2.24) is 0 Å². The fourth-order valence-electron chi connectivity index (χ4n) is 4.56. The highest BCUT2D eigenvalue weighted by Gasteiger charge is 2.28. The van der Waals surface area contributed by atoms with Crippen LogP contribution >= 0.6 is 0 Å². The lowest BCUT2D eigenvalue weighted by atomic mass is 9.72. The average molecular weight is 333 g/mol. The molecule has 0 amide bonds. The van der Waals surface area contributed by atoms with Gasteiger partial charge in [-0.2, -0.15) is 0 Å². The second-order valence-corrected chi connectivity index (χ2v) is 8.29. The second-order valence-electron chi connectivity index (χ2n) is 8.29. The van der Waals surface area contributed by atoms with E-state index in [-0.39, 0.29) is 0 Å². The van der Waals surface area contributed by atoms with E-state index in [4.69, 9.17) is 11.5 Å². The van der Waals surface area contributed by atoms with E-state index in [2.05, 4.69) is 24.3 Å². The maximum atomic E-state index is 6.35. The number of nitrogens with two attached hydrogens (primary N) is 2. The fourth-order valence-corrected chi connectivity index (χ4v) is 4.56. The van der Waals surface area contributed by atoms with Gasteiger partial charge in [0, 0.05) is 6.04 Å². The molecule has 2 heteroatoms. The van der Waals surface area contributed by atoms with E-state index < -0.39 is 0 Å². The van der Waals surface area contributed by atoms with Crippen LogP contribution in [0.15, 0.2) is 24.3 Å². The second kappa shape index (κ2) is 11.1. The largest absolute Gasteiger partial charge is 0.330 e. The van der Waals surface area contributed by atoms with Gasteiger partial charge < -0.3 is 11.5 Å². The van der Waals surface area contributed by atoms with Crippen LogP contribution in [0.25, 0.3) is 0 Å². The number of hydrogen-bond donors (Lipinski definition) is 2. The minimum Gasteiger partial charge on any atom is -0.330 e. The summed E-state index contributed by atoms with van der Waals surface area (Å²) in [6, 6.07) is 0.382. The summed E-state index contributed by atoms with van der Waals surface area (Å²) in [5.74, 6) is 0.770. The molecule has 2 aliphatic rings. The Kier molecular flexibility index (Phi) is 9.12. The first-order valence-corrected chi connectivity index (χ1v) is 10.5. The van der Waals surface area contributed by atoms with Gasteiger partial charge in [-0.3, -0.25) is 0 Å². The molecular weight excluding hydrogens is 292 g/mol. The highest BCUT2D eigenvalue weighted by Crippen LogP contribution is 2.38. The van der Waals surface area contributed by atoms with E-state index in [0.29, 0.717) is 11.5 Å². The van der Waals surface area contributed by atoms with Crippen molar-refractivity contribution in [3.8, 4) is 0 Å². The first-order chi connectivity index (χ1) is 11.8. The van der Waals surface area contributed by atoms with Crippen LogP contribution in [0.2, 0.25) is 0 Å². The molecule has 1 unspecified atom stereocenters. The van der Waals surface area contributed by atoms with Crippen molar-refractivity contribution in [2.24, 2.45) is 22.8 Å². The van der Waals surface area contributed by atoms with Crippen LogP contribution in [0.3, 0.4) is 0 Å². The molecule has 0 aliphatic heterocycles. The molecule has 2 saturated carbocycles. The van der Waals surface area contributed by atoms with Gasteiger partial charge in [-0.05, 0) is 69.2 Å². The van der Waals surface area contributed by atoms with Crippen LogP contribution in [0.4, 0.5) is 0 Å². The summed E-state index contributed by atoms with van der Waals surface area (Å²) in [6.45, 7) is 0.857. The lowest BCUT2D eigenvalue weighted by Crippen LogP contribution is -2.32. The van der Waals surface area contributed by atoms with Crippen molar-refractivity contribution in [3.63, 3.8) is 0 Å². The van der Waals surface area contributed by atoms with E-state index in [1.54, 1.807) is 0 Å². The maximum absolute atomic E-state index is 6.35. The lowest BCUT2D eigenvalue weighted by molar-refractivity contribution is 0.201. The van der Waals surface area contributed by atoms with Crippen molar-refractivity contribution in [2.45, 2.75) is 95.9 Å². The lowest BCUT2D eigenvalue weighted by Gasteiger charge is -2.35. The van der Waals surface area contributed by atoms with Crippen LogP contribution in [0.1, 0.15) is 89.9 Å². The minimum atomic E-state index is 0.382. The molecule has 138 valence electrons. The number of rotatable bonds is 9. The van der Waals surface area contributed by atoms with Crippen LogP contribution < -0.4 is 11.5 Å². The Morgan fingerprint density at radius 1 is 0.833 bits per heavy atom. The van der Waals surface area contributed by atoms with E-state index in [9.17, 15) is 0 Å². The summed E-state index contributed by atoms with van der Waals surface area (Å²) in [5, 5.41) is 0. The van der Waals surface area contributed by atoms with Crippen molar-refractivity contribution in [3.05, 3.63) is 24.3 Å². The standard InChI is InChI=1S/C22H40N2/c23-19-22(17-11-6-12-18-22)16-10-4-2-1-3-9-15-21(24)20-13-7-5-8-14-20/h3-4,9-10,20-21H,1-2,5-8,11-19,23-24H2/b9-3+,10-4+. The minimum absolute atomic E-state index is 0.382. The zero-order valence-electron chi connectivity index (χ0n) is 15.7. The van der Waals surface area contributed by atoms with E-state index >= 15 is 0 Å². The fraction of sp³-hybridized carbons (Fsp3) is 0.818. The molecular formula is C22H40N2. The first kappa shape index (κ1) is 19.7. The first-order valence-electron chi connectivity index (χ1n) is 10.5. The Balaban J connectivity index is 1.56. The average Bonchev–Trinajstić information content (AvgIpc) is 2.65. The Labute approximate surface area is 150 Å². The highest BCUT2D eigenvalue weighted by atomic mass is 14.6. The third-order valence-corrected chi connectivity index (χ3v) is 6.40. The normalized spacial score (nSPS) is 23.9. The van der Waals surface area contributed by atoms with Gasteiger partial charge in [0.15, 0.2) is 0 Å². The zero-order chi connectivity index (χ0) is 17.1. The van der Waals surface area contributed by atoms with E-state index in [0.717, 1.165) is 31.7 Å². The van der Waals surface area contributed by atoms with E-state index in [1.807, 2.05) is 0 Å². The van der Waals surface area contributed by atoms with Gasteiger partial charge >= 0.3 is 0 Å². The molecule has 0 saturated heterocycles. The van der Waals surface area contributed by atoms with Gasteiger partial charge in [0.1, 0.15) is 0 Å². The van der Waals surface area contributed by atoms with Gasteiger partial charge in [-0.1, -0.05) is 62.8 Å². The molecule has 0 aromatic heterocycles. The summed E-state index contributed by atoms with van der Waals surface area (Å²) >= 11 is 0. The van der Waals surface area contributed by atoms with Crippen LogP contribution in [-0.2, 0) is 0 Å². The summed E-state index contributed by atoms with van der Waals surface area (Å²) in [7, 11) is 0. The van der Waals surface area contributed by atoms with E-state index in [1.165, 1.54) is 70.6 Å². The van der Waals surface area contributed by atoms with Gasteiger partial charge in [0.05, 0.1) is 0 Å². The molecule has 0 heterocycles. The van der Waals surface area contributed by atoms with Crippen LogP contribution in [0.5, 0.6) is 0 Å². The SMILES string of the molecule is NCC1(C/C=C/CC/C=C/CC(N)C2CCCCC2)CCCCC1. The van der Waals surface area contributed by atoms with Gasteiger partial charge in [0.25, 0.3) is 0 Å². The Hall–Kier alpha value is -0.600. The molecule has 1 atom stereocenters. The van der Waals surface area contributed by atoms with Crippen molar-refractivity contribution < 1.29 is 0 Å². The topological polar surface area (TPSA) is 52.0 Å². The molecule has 0 spiro atoms. The smallest absolute Gasteiger partial charge is 0.0102 e. The number of hydrogen-bond acceptors (Lipinski definition) is 2. The van der Waals surface area contributed by atoms with Gasteiger partial charge in [-0.15, -0.1) is 0 Å². The van der Waals surface area contributed by atoms with Gasteiger partial charge in [0.2, 0.25) is 0 Å². The maximum Gasteiger partial charge on any atom is 0.0102 e. The predicted octanol–water partition coefficient (Wildman–Crippen LogP) is 5.48. The van der Waals surface area contributed by atoms with Crippen molar-refractivity contribution in [1.29, 1.82) is 0 Å². The molecule has 4 N–H and O–H groups in total. The summed E-state index contributed by atoms with van der Waals surface area (Å²) < 4.78 is 0. The Morgan fingerprint density at radius 3 is 2.12 bits per heavy atom. The third-order valence-electron chi connectivity index (χ3n) is 6.40. The zero-order valence-corrected chi connectivity index (χ0v) is 15.7. The molecule has 2 fully saturated rings. The quantitative estimate of drug-likeness (QED) is 0.434. The number of allylic oxidation sites excluding steroid dienone is 3. The molecule has 2 nitrogen and oxygen atoms in total. The predicted molar refractivity (Wildman–Crippen MR) is 106 cm³/mol.